The van der Waals surface area contributed by atoms with E-state index < -0.39 is 0 Å². The number of ether oxygens (including phenoxy) is 1. The lowest BCUT2D eigenvalue weighted by atomic mass is 10.1. The van der Waals surface area contributed by atoms with Crippen molar-refractivity contribution in [1.29, 1.82) is 0 Å². The Labute approximate surface area is 148 Å². The van der Waals surface area contributed by atoms with E-state index in [1.165, 1.54) is 4.90 Å². The van der Waals surface area contributed by atoms with E-state index in [4.69, 9.17) is 19.5 Å². The molecule has 3 N–H and O–H groups in total. The average molecular weight is 356 g/mol. The lowest BCUT2D eigenvalue weighted by Crippen LogP contribution is -2.08. The van der Waals surface area contributed by atoms with Crippen LogP contribution in [0.4, 0.5) is 0 Å². The largest absolute Gasteiger partial charge is 0.396 e. The van der Waals surface area contributed by atoms with Crippen molar-refractivity contribution >= 4 is 23.9 Å². The van der Waals surface area contributed by atoms with Gasteiger partial charge in [-0.05, 0) is 38.0 Å². The number of thioether (sulfide) groups is 1. The molecule has 24 heavy (non-hydrogen) atoms. The number of oxime groups is 1. The summed E-state index contributed by atoms with van der Waals surface area (Å²) < 4.78 is 5.04. The molecule has 1 atom stereocenters. The molecule has 1 amide bonds. The first kappa shape index (κ1) is 22.4. The van der Waals surface area contributed by atoms with Gasteiger partial charge in [-0.2, -0.15) is 0 Å². The summed E-state index contributed by atoms with van der Waals surface area (Å²) in [5, 5.41) is 12.9. The molecule has 0 saturated heterocycles. The Morgan fingerprint density at radius 3 is 2.58 bits per heavy atom. The number of rotatable bonds is 10. The Balaban J connectivity index is 0.00000163. The molecular formula is C17H28N2O4S. The van der Waals surface area contributed by atoms with E-state index >= 15 is 0 Å². The highest BCUT2D eigenvalue weighted by atomic mass is 32.2. The summed E-state index contributed by atoms with van der Waals surface area (Å²) in [7, 11) is 1.73. The van der Waals surface area contributed by atoms with Gasteiger partial charge in [0.15, 0.2) is 0 Å². The number of hydrogen-bond donors (Lipinski definition) is 2. The summed E-state index contributed by atoms with van der Waals surface area (Å²) in [6, 6.07) is 8.31. The Bertz CT molecular complexity index is 466. The molecule has 0 aliphatic carbocycles. The van der Waals surface area contributed by atoms with Gasteiger partial charge >= 0.3 is 0 Å². The molecule has 6 nitrogen and oxygen atoms in total. The minimum Gasteiger partial charge on any atom is -0.396 e. The van der Waals surface area contributed by atoms with Gasteiger partial charge in [0.2, 0.25) is 6.41 Å². The summed E-state index contributed by atoms with van der Waals surface area (Å²) in [4.78, 5) is 15.2. The molecule has 0 saturated carbocycles. The number of nitrogens with zero attached hydrogens (tertiary/aromatic N) is 1. The van der Waals surface area contributed by atoms with Gasteiger partial charge in [0, 0.05) is 37.4 Å². The van der Waals surface area contributed by atoms with Crippen LogP contribution in [0.15, 0.2) is 34.3 Å². The van der Waals surface area contributed by atoms with Gasteiger partial charge in [0.1, 0.15) is 6.10 Å². The van der Waals surface area contributed by atoms with Gasteiger partial charge in [-0.15, -0.1) is 11.8 Å². The topological polar surface area (TPSA) is 94.1 Å². The maximum Gasteiger partial charge on any atom is 0.204 e. The first-order chi connectivity index (χ1) is 11.6. The lowest BCUT2D eigenvalue weighted by molar-refractivity contribution is -0.106. The van der Waals surface area contributed by atoms with E-state index in [0.29, 0.717) is 6.42 Å². The van der Waals surface area contributed by atoms with Crippen molar-refractivity contribution in [2.75, 3.05) is 26.1 Å². The predicted octanol–water partition coefficient (Wildman–Crippen LogP) is 2.43. The molecule has 1 rings (SSSR count). The first-order valence-corrected chi connectivity index (χ1v) is 8.76. The quantitative estimate of drug-likeness (QED) is 0.221. The molecule has 0 radical (unpaired) electrons. The summed E-state index contributed by atoms with van der Waals surface area (Å²) in [5.41, 5.74) is 6.06. The van der Waals surface area contributed by atoms with Crippen LogP contribution in [0.2, 0.25) is 0 Å². The van der Waals surface area contributed by atoms with Gasteiger partial charge in [-0.25, -0.2) is 0 Å². The van der Waals surface area contributed by atoms with Crippen molar-refractivity contribution in [2.45, 2.75) is 37.7 Å². The van der Waals surface area contributed by atoms with Crippen LogP contribution >= 0.6 is 11.8 Å². The Morgan fingerprint density at radius 2 is 2.04 bits per heavy atom. The fraction of sp³-hybridized carbons (Fsp3) is 0.529. The third-order valence-electron chi connectivity index (χ3n) is 2.94. The van der Waals surface area contributed by atoms with Crippen molar-refractivity contribution < 1.29 is 19.5 Å². The zero-order valence-corrected chi connectivity index (χ0v) is 15.4. The number of carbonyl (C=O) groups excluding carboxylic acids is 1. The number of aliphatic hydroxyl groups is 1. The zero-order chi connectivity index (χ0) is 18.2. The van der Waals surface area contributed by atoms with E-state index in [1.54, 1.807) is 7.11 Å². The normalized spacial score (nSPS) is 12.1. The second-order valence-electron chi connectivity index (χ2n) is 4.96. The molecule has 0 aliphatic heterocycles. The fourth-order valence-corrected chi connectivity index (χ4v) is 2.47. The van der Waals surface area contributed by atoms with Crippen LogP contribution in [0.3, 0.4) is 0 Å². The molecule has 0 heterocycles. The summed E-state index contributed by atoms with van der Waals surface area (Å²) in [6.45, 7) is 4.74. The third-order valence-corrected chi connectivity index (χ3v) is 4.04. The smallest absolute Gasteiger partial charge is 0.204 e. The highest BCUT2D eigenvalue weighted by Gasteiger charge is 2.03. The van der Waals surface area contributed by atoms with Crippen LogP contribution < -0.4 is 5.73 Å². The number of aliphatic hydroxyl groups excluding tert-OH is 1. The number of carbonyl (C=O) groups is 1. The number of hydrogen-bond acceptors (Lipinski definition) is 6. The standard InChI is InChI=1S/C16H25NO3S.CH3NO/c1-13(9-10-18)20-17-14(2)15-5-7-16(8-6-15)21-12-4-11-19-3;2-1-3/h5-8,13,18H,4,9-12H2,1-3H3;1H,(H2,2,3)/b17-14+;/t13-;/m0./s1. The molecule has 0 spiro atoms. The Kier molecular flexibility index (Phi) is 14.0. The molecule has 0 bridgehead atoms. The summed E-state index contributed by atoms with van der Waals surface area (Å²) in [6.07, 6.45) is 1.83. The van der Waals surface area contributed by atoms with E-state index in [0.717, 1.165) is 30.1 Å². The number of methoxy groups -OCH3 is 1. The zero-order valence-electron chi connectivity index (χ0n) is 14.6. The van der Waals surface area contributed by atoms with Crippen molar-refractivity contribution in [2.24, 2.45) is 10.9 Å². The number of amides is 1. The van der Waals surface area contributed by atoms with Crippen LogP contribution in [0.25, 0.3) is 0 Å². The van der Waals surface area contributed by atoms with Crippen molar-refractivity contribution in [1.82, 2.24) is 0 Å². The number of nitrogens with two attached hydrogens (primary N) is 1. The molecule has 0 unspecified atom stereocenters. The molecule has 1 aromatic carbocycles. The molecule has 0 aliphatic rings. The van der Waals surface area contributed by atoms with Crippen molar-refractivity contribution in [3.05, 3.63) is 29.8 Å². The van der Waals surface area contributed by atoms with Gasteiger partial charge in [0.05, 0.1) is 5.71 Å². The Hall–Kier alpha value is -1.57. The maximum absolute atomic E-state index is 8.82. The van der Waals surface area contributed by atoms with Crippen LogP contribution in [0.1, 0.15) is 32.3 Å². The van der Waals surface area contributed by atoms with E-state index in [1.807, 2.05) is 25.6 Å². The highest BCUT2D eigenvalue weighted by molar-refractivity contribution is 7.99. The first-order valence-electron chi connectivity index (χ1n) is 7.77. The molecule has 0 fully saturated rings. The maximum atomic E-state index is 8.82. The van der Waals surface area contributed by atoms with Crippen molar-refractivity contribution in [3.63, 3.8) is 0 Å². The Morgan fingerprint density at radius 1 is 1.42 bits per heavy atom. The van der Waals surface area contributed by atoms with Crippen LogP contribution in [0, 0.1) is 0 Å². The van der Waals surface area contributed by atoms with Gasteiger partial charge in [-0.1, -0.05) is 17.3 Å². The van der Waals surface area contributed by atoms with Gasteiger partial charge < -0.3 is 20.4 Å². The van der Waals surface area contributed by atoms with Crippen LogP contribution in [-0.2, 0) is 14.4 Å². The SMILES string of the molecule is COCCCSc1ccc(/C(C)=N/O[C@@H](C)CCO)cc1.NC=O. The minimum absolute atomic E-state index is 0.0689. The lowest BCUT2D eigenvalue weighted by Gasteiger charge is -2.09. The van der Waals surface area contributed by atoms with Gasteiger partial charge in [-0.3, -0.25) is 4.79 Å². The predicted molar refractivity (Wildman–Crippen MR) is 98.4 cm³/mol. The summed E-state index contributed by atoms with van der Waals surface area (Å²) >= 11 is 1.83. The van der Waals surface area contributed by atoms with E-state index in [9.17, 15) is 0 Å². The molecular weight excluding hydrogens is 328 g/mol. The third kappa shape index (κ3) is 11.0. The molecule has 0 aromatic heterocycles. The van der Waals surface area contributed by atoms with Crippen LogP contribution in [0.5, 0.6) is 0 Å². The molecule has 7 heteroatoms. The fourth-order valence-electron chi connectivity index (χ4n) is 1.64. The van der Waals surface area contributed by atoms with E-state index in [-0.39, 0.29) is 19.1 Å². The minimum atomic E-state index is -0.0689. The second kappa shape index (κ2) is 15.0. The second-order valence-corrected chi connectivity index (χ2v) is 6.13. The molecule has 136 valence electrons. The van der Waals surface area contributed by atoms with Gasteiger partial charge in [0.25, 0.3) is 0 Å². The number of benzene rings is 1. The average Bonchev–Trinajstić information content (AvgIpc) is 2.58. The monoisotopic (exact) mass is 356 g/mol. The molecule has 1 aromatic rings. The van der Waals surface area contributed by atoms with Crippen LogP contribution in [-0.4, -0.2) is 49.4 Å². The van der Waals surface area contributed by atoms with E-state index in [2.05, 4.69) is 35.2 Å². The highest BCUT2D eigenvalue weighted by Crippen LogP contribution is 2.19. The number of primary amides is 1. The summed E-state index contributed by atoms with van der Waals surface area (Å²) in [5.74, 6) is 1.06. The van der Waals surface area contributed by atoms with Crippen molar-refractivity contribution in [3.8, 4) is 0 Å².